The van der Waals surface area contributed by atoms with Crippen LogP contribution >= 0.6 is 0 Å². The molecule has 1 heterocycles. The Balaban J connectivity index is 1.63. The number of benzene rings is 1. The van der Waals surface area contributed by atoms with Gasteiger partial charge in [0.2, 0.25) is 11.8 Å². The van der Waals surface area contributed by atoms with Gasteiger partial charge in [0.05, 0.1) is 5.92 Å². The molecule has 1 aliphatic heterocycles. The number of carbonyl (C=O) groups excluding carboxylic acids is 2. The van der Waals surface area contributed by atoms with E-state index < -0.39 is 17.6 Å². The molecule has 4 nitrogen and oxygen atoms in total. The molecular formula is C16H18F2N2O2. The van der Waals surface area contributed by atoms with Gasteiger partial charge in [-0.3, -0.25) is 9.59 Å². The molecule has 6 heteroatoms. The van der Waals surface area contributed by atoms with Gasteiger partial charge in [-0.05, 0) is 25.0 Å². The Kier molecular flexibility index (Phi) is 4.09. The van der Waals surface area contributed by atoms with Crippen LogP contribution in [0, 0.1) is 17.6 Å². The van der Waals surface area contributed by atoms with Crippen LogP contribution in [0.25, 0.3) is 0 Å². The maximum atomic E-state index is 13.1. The average Bonchev–Trinajstić information content (AvgIpc) is 3.12. The monoisotopic (exact) mass is 308 g/mol. The molecule has 0 spiro atoms. The van der Waals surface area contributed by atoms with Crippen LogP contribution in [0.3, 0.4) is 0 Å². The lowest BCUT2D eigenvalue weighted by atomic mass is 10.1. The summed E-state index contributed by atoms with van der Waals surface area (Å²) in [5.74, 6) is -2.70. The van der Waals surface area contributed by atoms with Crippen LogP contribution in [0.5, 0.6) is 0 Å². The lowest BCUT2D eigenvalue weighted by Gasteiger charge is -2.23. The molecule has 1 saturated heterocycles. The largest absolute Gasteiger partial charge is 0.339 e. The van der Waals surface area contributed by atoms with E-state index in [2.05, 4.69) is 5.32 Å². The lowest BCUT2D eigenvalue weighted by Crippen LogP contribution is -2.35. The van der Waals surface area contributed by atoms with E-state index in [0.29, 0.717) is 6.54 Å². The van der Waals surface area contributed by atoms with Gasteiger partial charge in [-0.2, -0.15) is 0 Å². The van der Waals surface area contributed by atoms with Gasteiger partial charge in [0.25, 0.3) is 0 Å². The number of amides is 2. The Morgan fingerprint density at radius 3 is 2.59 bits per heavy atom. The Bertz CT molecular complexity index is 600. The van der Waals surface area contributed by atoms with Crippen molar-refractivity contribution in [1.29, 1.82) is 0 Å². The van der Waals surface area contributed by atoms with Crippen molar-refractivity contribution in [2.24, 2.45) is 5.92 Å². The van der Waals surface area contributed by atoms with Gasteiger partial charge in [0, 0.05) is 30.8 Å². The summed E-state index contributed by atoms with van der Waals surface area (Å²) in [6.07, 6.45) is 4.44. The second-order valence-electron chi connectivity index (χ2n) is 6.00. The molecule has 2 aliphatic rings. The zero-order chi connectivity index (χ0) is 15.7. The zero-order valence-electron chi connectivity index (χ0n) is 12.1. The minimum atomic E-state index is -1.01. The number of nitrogens with zero attached hydrogens (tertiary/aromatic N) is 1. The molecule has 1 atom stereocenters. The molecule has 1 aromatic rings. The summed E-state index contributed by atoms with van der Waals surface area (Å²) in [5.41, 5.74) is 0.204. The Hall–Kier alpha value is -1.98. The van der Waals surface area contributed by atoms with Gasteiger partial charge >= 0.3 is 0 Å². The molecule has 1 N–H and O–H groups in total. The molecular weight excluding hydrogens is 290 g/mol. The number of halogens is 2. The van der Waals surface area contributed by atoms with Crippen molar-refractivity contribution in [1.82, 2.24) is 4.90 Å². The normalized spacial score (nSPS) is 22.4. The van der Waals surface area contributed by atoms with Gasteiger partial charge in [-0.25, -0.2) is 8.78 Å². The summed E-state index contributed by atoms with van der Waals surface area (Å²) in [7, 11) is 0. The molecule has 1 unspecified atom stereocenters. The van der Waals surface area contributed by atoms with Crippen LogP contribution in [-0.2, 0) is 9.59 Å². The van der Waals surface area contributed by atoms with Crippen molar-refractivity contribution in [2.75, 3.05) is 11.9 Å². The molecule has 0 bridgehead atoms. The third kappa shape index (κ3) is 2.96. The SMILES string of the molecule is O=C(Nc1ccc(F)c(F)c1)C1CC(=O)N(C2CCCC2)C1. The first kappa shape index (κ1) is 14.9. The highest BCUT2D eigenvalue weighted by molar-refractivity contribution is 5.97. The fourth-order valence-corrected chi connectivity index (χ4v) is 3.29. The summed E-state index contributed by atoms with van der Waals surface area (Å²) < 4.78 is 26.0. The van der Waals surface area contributed by atoms with Crippen molar-refractivity contribution in [3.05, 3.63) is 29.8 Å². The van der Waals surface area contributed by atoms with Gasteiger partial charge in [0.1, 0.15) is 0 Å². The van der Waals surface area contributed by atoms with Crippen molar-refractivity contribution < 1.29 is 18.4 Å². The first-order valence-corrected chi connectivity index (χ1v) is 7.60. The van der Waals surface area contributed by atoms with E-state index >= 15 is 0 Å². The van der Waals surface area contributed by atoms with E-state index in [4.69, 9.17) is 0 Å². The van der Waals surface area contributed by atoms with E-state index in [1.165, 1.54) is 6.07 Å². The second-order valence-corrected chi connectivity index (χ2v) is 6.00. The maximum absolute atomic E-state index is 13.1. The number of hydrogen-bond donors (Lipinski definition) is 1. The summed E-state index contributed by atoms with van der Waals surface area (Å²) in [6, 6.07) is 3.48. The summed E-state index contributed by atoms with van der Waals surface area (Å²) >= 11 is 0. The summed E-state index contributed by atoms with van der Waals surface area (Å²) in [5, 5.41) is 2.56. The molecule has 3 rings (SSSR count). The van der Waals surface area contributed by atoms with E-state index in [-0.39, 0.29) is 30.0 Å². The molecule has 2 amide bonds. The molecule has 1 saturated carbocycles. The highest BCUT2D eigenvalue weighted by atomic mass is 19.2. The predicted molar refractivity (Wildman–Crippen MR) is 77.1 cm³/mol. The number of likely N-dealkylation sites (tertiary alicyclic amines) is 1. The van der Waals surface area contributed by atoms with Crippen molar-refractivity contribution in [2.45, 2.75) is 38.1 Å². The zero-order valence-corrected chi connectivity index (χ0v) is 12.1. The summed E-state index contributed by atoms with van der Waals surface area (Å²) in [6.45, 7) is 0.416. The highest BCUT2D eigenvalue weighted by Crippen LogP contribution is 2.30. The number of nitrogens with one attached hydrogen (secondary N) is 1. The standard InChI is InChI=1S/C16H18F2N2O2/c17-13-6-5-11(8-14(13)18)19-16(22)10-7-15(21)20(9-10)12-3-1-2-4-12/h5-6,8,10,12H,1-4,7,9H2,(H,19,22). The maximum Gasteiger partial charge on any atom is 0.229 e. The third-order valence-corrected chi connectivity index (χ3v) is 4.48. The molecule has 0 radical (unpaired) electrons. The van der Waals surface area contributed by atoms with Gasteiger partial charge in [0.15, 0.2) is 11.6 Å². The lowest BCUT2D eigenvalue weighted by molar-refractivity contribution is -0.129. The average molecular weight is 308 g/mol. The van der Waals surface area contributed by atoms with Crippen LogP contribution in [0.4, 0.5) is 14.5 Å². The minimum absolute atomic E-state index is 0.0114. The van der Waals surface area contributed by atoms with E-state index in [0.717, 1.165) is 37.8 Å². The Labute approximate surface area is 127 Å². The van der Waals surface area contributed by atoms with E-state index in [1.807, 2.05) is 4.90 Å². The molecule has 1 aliphatic carbocycles. The quantitative estimate of drug-likeness (QED) is 0.933. The highest BCUT2D eigenvalue weighted by Gasteiger charge is 2.38. The Morgan fingerprint density at radius 1 is 1.18 bits per heavy atom. The molecule has 118 valence electrons. The number of anilines is 1. The number of carbonyl (C=O) groups is 2. The van der Waals surface area contributed by atoms with Crippen molar-refractivity contribution in [3.8, 4) is 0 Å². The van der Waals surface area contributed by atoms with E-state index in [9.17, 15) is 18.4 Å². The van der Waals surface area contributed by atoms with Crippen LogP contribution in [0.2, 0.25) is 0 Å². The molecule has 1 aromatic carbocycles. The fraction of sp³-hybridized carbons (Fsp3) is 0.500. The first-order chi connectivity index (χ1) is 10.5. The van der Waals surface area contributed by atoms with Gasteiger partial charge < -0.3 is 10.2 Å². The first-order valence-electron chi connectivity index (χ1n) is 7.60. The third-order valence-electron chi connectivity index (χ3n) is 4.48. The summed E-state index contributed by atoms with van der Waals surface area (Å²) in [4.78, 5) is 26.1. The fourth-order valence-electron chi connectivity index (χ4n) is 3.29. The predicted octanol–water partition coefficient (Wildman–Crippen LogP) is 2.69. The van der Waals surface area contributed by atoms with Crippen molar-refractivity contribution >= 4 is 17.5 Å². The van der Waals surface area contributed by atoms with Gasteiger partial charge in [-0.1, -0.05) is 12.8 Å². The topological polar surface area (TPSA) is 49.4 Å². The Morgan fingerprint density at radius 2 is 1.91 bits per heavy atom. The molecule has 22 heavy (non-hydrogen) atoms. The molecule has 2 fully saturated rings. The van der Waals surface area contributed by atoms with Crippen LogP contribution in [0.1, 0.15) is 32.1 Å². The van der Waals surface area contributed by atoms with E-state index in [1.54, 1.807) is 0 Å². The van der Waals surface area contributed by atoms with Crippen LogP contribution in [-0.4, -0.2) is 29.3 Å². The second kappa shape index (κ2) is 6.02. The van der Waals surface area contributed by atoms with Crippen LogP contribution < -0.4 is 5.32 Å². The smallest absolute Gasteiger partial charge is 0.229 e. The van der Waals surface area contributed by atoms with Gasteiger partial charge in [-0.15, -0.1) is 0 Å². The van der Waals surface area contributed by atoms with Crippen molar-refractivity contribution in [3.63, 3.8) is 0 Å². The number of hydrogen-bond acceptors (Lipinski definition) is 2. The van der Waals surface area contributed by atoms with Crippen LogP contribution in [0.15, 0.2) is 18.2 Å². The number of rotatable bonds is 3. The molecule has 0 aromatic heterocycles. The minimum Gasteiger partial charge on any atom is -0.339 e.